The van der Waals surface area contributed by atoms with E-state index in [0.717, 1.165) is 23.0 Å². The maximum absolute atomic E-state index is 13.1. The monoisotopic (exact) mass is 370 g/mol. The molecule has 7 heteroatoms. The van der Waals surface area contributed by atoms with E-state index in [1.165, 1.54) is 12.1 Å². The molecule has 0 fully saturated rings. The molecule has 0 spiro atoms. The number of nitrogens with one attached hydrogen (secondary N) is 2. The molecule has 0 saturated carbocycles. The molecule has 0 saturated heterocycles. The first-order chi connectivity index (χ1) is 12.5. The summed E-state index contributed by atoms with van der Waals surface area (Å²) in [7, 11) is 0. The van der Waals surface area contributed by atoms with Gasteiger partial charge in [-0.2, -0.15) is 4.98 Å². The van der Waals surface area contributed by atoms with E-state index in [2.05, 4.69) is 10.3 Å². The summed E-state index contributed by atoms with van der Waals surface area (Å²) in [6.45, 7) is 2.22. The maximum Gasteiger partial charge on any atom is 0.283 e. The summed E-state index contributed by atoms with van der Waals surface area (Å²) in [4.78, 5) is 16.1. The molecule has 0 aliphatic carbocycles. The average Bonchev–Trinajstić information content (AvgIpc) is 2.63. The van der Waals surface area contributed by atoms with Crippen molar-refractivity contribution in [3.8, 4) is 0 Å². The SMILES string of the molecule is Cc1c(Cl)cccc1Nc1nc(=O)c(C=N)cn1Cc1ccc(F)cc1. The molecule has 3 rings (SSSR count). The lowest BCUT2D eigenvalue weighted by Crippen LogP contribution is -2.21. The first-order valence-corrected chi connectivity index (χ1v) is 8.24. The molecule has 1 heterocycles. The second-order valence-corrected chi connectivity index (χ2v) is 6.17. The lowest BCUT2D eigenvalue weighted by atomic mass is 10.2. The van der Waals surface area contributed by atoms with Gasteiger partial charge in [-0.3, -0.25) is 4.79 Å². The van der Waals surface area contributed by atoms with Crippen LogP contribution in [0, 0.1) is 18.2 Å². The second-order valence-electron chi connectivity index (χ2n) is 5.76. The first-order valence-electron chi connectivity index (χ1n) is 7.86. The molecular formula is C19H16ClFN4O. The van der Waals surface area contributed by atoms with E-state index in [0.29, 0.717) is 17.5 Å². The Hall–Kier alpha value is -2.99. The van der Waals surface area contributed by atoms with Gasteiger partial charge in [0.25, 0.3) is 5.56 Å². The molecular weight excluding hydrogens is 355 g/mol. The van der Waals surface area contributed by atoms with Crippen molar-refractivity contribution in [1.82, 2.24) is 9.55 Å². The molecule has 0 aliphatic heterocycles. The Morgan fingerprint density at radius 2 is 2.00 bits per heavy atom. The van der Waals surface area contributed by atoms with E-state index in [1.807, 2.05) is 13.0 Å². The number of hydrogen-bond donors (Lipinski definition) is 2. The fourth-order valence-corrected chi connectivity index (χ4v) is 2.65. The van der Waals surface area contributed by atoms with Crippen LogP contribution in [-0.2, 0) is 6.54 Å². The molecule has 0 unspecified atom stereocenters. The second kappa shape index (κ2) is 7.49. The molecule has 3 aromatic rings. The van der Waals surface area contributed by atoms with Crippen molar-refractivity contribution in [2.45, 2.75) is 13.5 Å². The van der Waals surface area contributed by atoms with E-state index >= 15 is 0 Å². The molecule has 26 heavy (non-hydrogen) atoms. The van der Waals surface area contributed by atoms with Crippen LogP contribution in [-0.4, -0.2) is 15.8 Å². The fourth-order valence-electron chi connectivity index (χ4n) is 2.48. The van der Waals surface area contributed by atoms with Gasteiger partial charge in [0.1, 0.15) is 5.82 Å². The molecule has 2 aromatic carbocycles. The minimum atomic E-state index is -0.502. The van der Waals surface area contributed by atoms with Gasteiger partial charge in [0.2, 0.25) is 5.95 Å². The molecule has 0 amide bonds. The van der Waals surface area contributed by atoms with Gasteiger partial charge >= 0.3 is 0 Å². The minimum Gasteiger partial charge on any atom is -0.325 e. The molecule has 0 atom stereocenters. The van der Waals surface area contributed by atoms with Crippen molar-refractivity contribution in [2.24, 2.45) is 0 Å². The third-order valence-electron chi connectivity index (χ3n) is 3.96. The third kappa shape index (κ3) is 3.81. The summed E-state index contributed by atoms with van der Waals surface area (Å²) in [6.07, 6.45) is 2.51. The molecule has 2 N–H and O–H groups in total. The number of rotatable bonds is 5. The summed E-state index contributed by atoms with van der Waals surface area (Å²) in [6, 6.07) is 11.5. The minimum absolute atomic E-state index is 0.167. The van der Waals surface area contributed by atoms with Crippen molar-refractivity contribution in [1.29, 1.82) is 5.41 Å². The zero-order valence-corrected chi connectivity index (χ0v) is 14.7. The van der Waals surface area contributed by atoms with Gasteiger partial charge in [-0.1, -0.05) is 29.8 Å². The number of nitrogens with zero attached hydrogens (tertiary/aromatic N) is 2. The van der Waals surface area contributed by atoms with E-state index < -0.39 is 5.56 Å². The van der Waals surface area contributed by atoms with E-state index in [1.54, 1.807) is 35.0 Å². The van der Waals surface area contributed by atoms with Crippen molar-refractivity contribution in [2.75, 3.05) is 5.32 Å². The van der Waals surface area contributed by atoms with E-state index in [-0.39, 0.29) is 11.4 Å². The van der Waals surface area contributed by atoms with Crippen molar-refractivity contribution in [3.05, 3.63) is 86.5 Å². The van der Waals surface area contributed by atoms with Gasteiger partial charge < -0.3 is 15.3 Å². The van der Waals surface area contributed by atoms with Gasteiger partial charge in [0.05, 0.1) is 12.1 Å². The predicted molar refractivity (Wildman–Crippen MR) is 101 cm³/mol. The summed E-state index contributed by atoms with van der Waals surface area (Å²) < 4.78 is 14.8. The van der Waals surface area contributed by atoms with Gasteiger partial charge in [0.15, 0.2) is 0 Å². The van der Waals surface area contributed by atoms with Crippen molar-refractivity contribution >= 4 is 29.5 Å². The summed E-state index contributed by atoms with van der Waals surface area (Å²) in [5, 5.41) is 11.1. The Bertz CT molecular complexity index is 1020. The Kier molecular flexibility index (Phi) is 5.14. The molecule has 0 radical (unpaired) electrons. The van der Waals surface area contributed by atoms with Crippen LogP contribution in [0.2, 0.25) is 5.02 Å². The Morgan fingerprint density at radius 3 is 2.69 bits per heavy atom. The third-order valence-corrected chi connectivity index (χ3v) is 4.37. The lowest BCUT2D eigenvalue weighted by molar-refractivity contribution is 0.626. The molecule has 0 aliphatic rings. The van der Waals surface area contributed by atoms with Crippen LogP contribution in [0.5, 0.6) is 0 Å². The summed E-state index contributed by atoms with van der Waals surface area (Å²) >= 11 is 6.15. The Labute approximate surface area is 154 Å². The first kappa shape index (κ1) is 17.8. The Morgan fingerprint density at radius 1 is 1.27 bits per heavy atom. The molecule has 132 valence electrons. The normalized spacial score (nSPS) is 10.6. The predicted octanol–water partition coefficient (Wildman–Crippen LogP) is 4.13. The maximum atomic E-state index is 13.1. The smallest absolute Gasteiger partial charge is 0.283 e. The topological polar surface area (TPSA) is 70.8 Å². The van der Waals surface area contributed by atoms with Gasteiger partial charge in [-0.15, -0.1) is 0 Å². The number of halogens is 2. The highest BCUT2D eigenvalue weighted by atomic mass is 35.5. The van der Waals surface area contributed by atoms with Crippen LogP contribution >= 0.6 is 11.6 Å². The number of benzene rings is 2. The largest absolute Gasteiger partial charge is 0.325 e. The van der Waals surface area contributed by atoms with Gasteiger partial charge in [-0.25, -0.2) is 4.39 Å². The summed E-state index contributed by atoms with van der Waals surface area (Å²) in [5.74, 6) is -0.00449. The fraction of sp³-hybridized carbons (Fsp3) is 0.105. The highest BCUT2D eigenvalue weighted by molar-refractivity contribution is 6.31. The van der Waals surface area contributed by atoms with Crippen LogP contribution in [0.15, 0.2) is 53.5 Å². The van der Waals surface area contributed by atoms with Gasteiger partial charge in [-0.05, 0) is 42.3 Å². The van der Waals surface area contributed by atoms with Crippen LogP contribution in [0.1, 0.15) is 16.7 Å². The zero-order chi connectivity index (χ0) is 18.7. The number of anilines is 2. The summed E-state index contributed by atoms with van der Waals surface area (Å²) in [5.41, 5.74) is 2.05. The highest BCUT2D eigenvalue weighted by Crippen LogP contribution is 2.25. The van der Waals surface area contributed by atoms with Crippen LogP contribution < -0.4 is 10.9 Å². The van der Waals surface area contributed by atoms with Crippen molar-refractivity contribution in [3.63, 3.8) is 0 Å². The number of aromatic nitrogens is 2. The molecule has 5 nitrogen and oxygen atoms in total. The zero-order valence-electron chi connectivity index (χ0n) is 14.0. The van der Waals surface area contributed by atoms with Crippen LogP contribution in [0.3, 0.4) is 0 Å². The van der Waals surface area contributed by atoms with E-state index in [4.69, 9.17) is 17.0 Å². The van der Waals surface area contributed by atoms with Crippen molar-refractivity contribution < 1.29 is 4.39 Å². The van der Waals surface area contributed by atoms with Crippen LogP contribution in [0.4, 0.5) is 16.0 Å². The quantitative estimate of drug-likeness (QED) is 0.663. The average molecular weight is 371 g/mol. The van der Waals surface area contributed by atoms with E-state index in [9.17, 15) is 9.18 Å². The number of hydrogen-bond acceptors (Lipinski definition) is 4. The standard InChI is InChI=1S/C19H16ClFN4O/c1-12-16(20)3-2-4-17(12)23-19-24-18(26)14(9-22)11-25(19)10-13-5-7-15(21)8-6-13/h2-9,11,22H,10H2,1H3,(H,23,24,26). The molecule has 0 bridgehead atoms. The van der Waals surface area contributed by atoms with Crippen LogP contribution in [0.25, 0.3) is 0 Å². The lowest BCUT2D eigenvalue weighted by Gasteiger charge is -2.16. The highest BCUT2D eigenvalue weighted by Gasteiger charge is 2.10. The van der Waals surface area contributed by atoms with Gasteiger partial charge in [0, 0.05) is 23.1 Å². The molecule has 1 aromatic heterocycles. The Balaban J connectivity index is 2.04.